The van der Waals surface area contributed by atoms with Gasteiger partial charge in [-0.05, 0) is 41.5 Å². The van der Waals surface area contributed by atoms with E-state index in [2.05, 4.69) is 41.5 Å². The normalized spacial score (nSPS) is 10.9. The van der Waals surface area contributed by atoms with E-state index < -0.39 is 0 Å². The maximum Gasteiger partial charge on any atom is 0.153 e. The molecule has 0 saturated heterocycles. The molecule has 2 aromatic rings. The minimum atomic E-state index is 0.355. The van der Waals surface area contributed by atoms with Gasteiger partial charge in [0.15, 0.2) is 6.29 Å². The van der Waals surface area contributed by atoms with E-state index in [0.29, 0.717) is 11.6 Å². The minimum absolute atomic E-state index is 0.355. The number of carbonyl (C=O) groups is 1. The lowest BCUT2D eigenvalue weighted by Crippen LogP contribution is -2.07. The predicted octanol–water partition coefficient (Wildman–Crippen LogP) is 4.33. The summed E-state index contributed by atoms with van der Waals surface area (Å²) < 4.78 is 3.04. The Labute approximate surface area is 127 Å². The molecule has 1 aromatic heterocycles. The molecule has 1 aromatic carbocycles. The van der Waals surface area contributed by atoms with Crippen LogP contribution in [0.1, 0.15) is 43.1 Å². The van der Waals surface area contributed by atoms with Gasteiger partial charge >= 0.3 is 0 Å². The standard InChI is InChI=1S/C15H17IN2O/c1-3-12(4-2)18-9-11(10-19)15(17-18)13-7-5-6-8-14(13)16/h5-10,12H,3-4H2,1-2H3. The summed E-state index contributed by atoms with van der Waals surface area (Å²) in [5.41, 5.74) is 2.47. The molecule has 0 fully saturated rings. The zero-order valence-corrected chi connectivity index (χ0v) is 13.3. The van der Waals surface area contributed by atoms with Crippen LogP contribution in [0.4, 0.5) is 0 Å². The molecule has 1 heterocycles. The van der Waals surface area contributed by atoms with Gasteiger partial charge in [-0.3, -0.25) is 9.48 Å². The quantitative estimate of drug-likeness (QED) is 0.582. The van der Waals surface area contributed by atoms with Crippen molar-refractivity contribution in [1.82, 2.24) is 9.78 Å². The molecule has 0 bridgehead atoms. The van der Waals surface area contributed by atoms with Crippen LogP contribution >= 0.6 is 22.6 Å². The SMILES string of the molecule is CCC(CC)n1cc(C=O)c(-c2ccccc2I)n1. The number of aromatic nitrogens is 2. The van der Waals surface area contributed by atoms with Crippen LogP contribution in [-0.2, 0) is 0 Å². The van der Waals surface area contributed by atoms with Crippen LogP contribution in [0.5, 0.6) is 0 Å². The summed E-state index contributed by atoms with van der Waals surface area (Å²) in [6.07, 6.45) is 4.79. The Morgan fingerprint density at radius 3 is 2.58 bits per heavy atom. The fourth-order valence-corrected chi connectivity index (χ4v) is 2.85. The summed E-state index contributed by atoms with van der Waals surface area (Å²) in [5.74, 6) is 0. The third kappa shape index (κ3) is 2.88. The number of hydrogen-bond donors (Lipinski definition) is 0. The molecule has 0 saturated carbocycles. The highest BCUT2D eigenvalue weighted by molar-refractivity contribution is 14.1. The van der Waals surface area contributed by atoms with Crippen molar-refractivity contribution in [1.29, 1.82) is 0 Å². The first kappa shape index (κ1) is 14.2. The lowest BCUT2D eigenvalue weighted by atomic mass is 10.1. The first-order valence-corrected chi connectivity index (χ1v) is 7.58. The molecule has 2 rings (SSSR count). The fraction of sp³-hybridized carbons (Fsp3) is 0.333. The van der Waals surface area contributed by atoms with E-state index in [9.17, 15) is 4.79 Å². The molecule has 0 amide bonds. The number of aldehydes is 1. The molecule has 0 spiro atoms. The molecule has 0 unspecified atom stereocenters. The molecule has 0 N–H and O–H groups in total. The highest BCUT2D eigenvalue weighted by Crippen LogP contribution is 2.28. The van der Waals surface area contributed by atoms with Gasteiger partial charge in [0.2, 0.25) is 0 Å². The average Bonchev–Trinajstić information content (AvgIpc) is 2.84. The molecule has 0 aliphatic rings. The highest BCUT2D eigenvalue weighted by Gasteiger charge is 2.16. The lowest BCUT2D eigenvalue weighted by molar-refractivity contribution is 0.112. The van der Waals surface area contributed by atoms with Crippen molar-refractivity contribution in [2.75, 3.05) is 0 Å². The van der Waals surface area contributed by atoms with E-state index in [1.807, 2.05) is 35.1 Å². The molecule has 100 valence electrons. The maximum atomic E-state index is 11.3. The molecule has 3 nitrogen and oxygen atoms in total. The number of halogens is 1. The summed E-state index contributed by atoms with van der Waals surface area (Å²) >= 11 is 2.28. The van der Waals surface area contributed by atoms with E-state index in [1.165, 1.54) is 0 Å². The predicted molar refractivity (Wildman–Crippen MR) is 85.4 cm³/mol. The Balaban J connectivity index is 2.52. The van der Waals surface area contributed by atoms with Crippen molar-refractivity contribution in [2.24, 2.45) is 0 Å². The zero-order valence-electron chi connectivity index (χ0n) is 11.1. The Bertz CT molecular complexity index is 573. The average molecular weight is 368 g/mol. The van der Waals surface area contributed by atoms with Gasteiger partial charge in [0, 0.05) is 15.3 Å². The van der Waals surface area contributed by atoms with Crippen LogP contribution in [0.3, 0.4) is 0 Å². The summed E-state index contributed by atoms with van der Waals surface area (Å²) in [5, 5.41) is 4.63. The molecule has 4 heteroatoms. The topological polar surface area (TPSA) is 34.9 Å². The summed E-state index contributed by atoms with van der Waals surface area (Å²) in [4.78, 5) is 11.3. The highest BCUT2D eigenvalue weighted by atomic mass is 127. The van der Waals surface area contributed by atoms with Gasteiger partial charge in [0.1, 0.15) is 5.69 Å². The van der Waals surface area contributed by atoms with Gasteiger partial charge < -0.3 is 0 Å². The second-order valence-corrected chi connectivity index (χ2v) is 5.64. The first-order chi connectivity index (χ1) is 9.21. The second-order valence-electron chi connectivity index (χ2n) is 4.48. The summed E-state index contributed by atoms with van der Waals surface area (Å²) in [6.45, 7) is 4.28. The van der Waals surface area contributed by atoms with Crippen molar-refractivity contribution in [2.45, 2.75) is 32.7 Å². The Hall–Kier alpha value is -1.17. The monoisotopic (exact) mass is 368 g/mol. The van der Waals surface area contributed by atoms with Crippen LogP contribution in [-0.4, -0.2) is 16.1 Å². The number of nitrogens with zero attached hydrogens (tertiary/aromatic N) is 2. The molecular weight excluding hydrogens is 351 g/mol. The van der Waals surface area contributed by atoms with Gasteiger partial charge in [-0.15, -0.1) is 0 Å². The summed E-state index contributed by atoms with van der Waals surface area (Å²) in [7, 11) is 0. The van der Waals surface area contributed by atoms with Gasteiger partial charge in [-0.25, -0.2) is 0 Å². The largest absolute Gasteiger partial charge is 0.298 e. The van der Waals surface area contributed by atoms with Crippen molar-refractivity contribution in [3.63, 3.8) is 0 Å². The Morgan fingerprint density at radius 2 is 2.00 bits per heavy atom. The van der Waals surface area contributed by atoms with Crippen LogP contribution < -0.4 is 0 Å². The van der Waals surface area contributed by atoms with Gasteiger partial charge in [-0.2, -0.15) is 5.10 Å². The van der Waals surface area contributed by atoms with Gasteiger partial charge in [-0.1, -0.05) is 32.0 Å². The van der Waals surface area contributed by atoms with Crippen LogP contribution in [0.25, 0.3) is 11.3 Å². The van der Waals surface area contributed by atoms with E-state index in [4.69, 9.17) is 0 Å². The molecule has 0 radical (unpaired) electrons. The van der Waals surface area contributed by atoms with Crippen molar-refractivity contribution in [3.8, 4) is 11.3 Å². The Kier molecular flexibility index (Phi) is 4.74. The third-order valence-electron chi connectivity index (χ3n) is 3.33. The third-order valence-corrected chi connectivity index (χ3v) is 4.27. The minimum Gasteiger partial charge on any atom is -0.298 e. The van der Waals surface area contributed by atoms with E-state index in [-0.39, 0.29) is 0 Å². The van der Waals surface area contributed by atoms with Crippen molar-refractivity contribution in [3.05, 3.63) is 39.6 Å². The first-order valence-electron chi connectivity index (χ1n) is 6.50. The number of carbonyl (C=O) groups excluding carboxylic acids is 1. The van der Waals surface area contributed by atoms with Gasteiger partial charge in [0.25, 0.3) is 0 Å². The lowest BCUT2D eigenvalue weighted by Gasteiger charge is -2.12. The van der Waals surface area contributed by atoms with E-state index in [0.717, 1.165) is 34.0 Å². The van der Waals surface area contributed by atoms with E-state index in [1.54, 1.807) is 0 Å². The fourth-order valence-electron chi connectivity index (χ4n) is 2.20. The molecule has 0 aliphatic carbocycles. The number of hydrogen-bond acceptors (Lipinski definition) is 2. The second kappa shape index (κ2) is 6.32. The van der Waals surface area contributed by atoms with Crippen LogP contribution in [0.2, 0.25) is 0 Å². The number of rotatable bonds is 5. The summed E-state index contributed by atoms with van der Waals surface area (Å²) in [6, 6.07) is 8.36. The molecule has 0 aliphatic heterocycles. The Morgan fingerprint density at radius 1 is 1.32 bits per heavy atom. The zero-order chi connectivity index (χ0) is 13.8. The van der Waals surface area contributed by atoms with Crippen LogP contribution in [0.15, 0.2) is 30.5 Å². The molecule has 0 atom stereocenters. The van der Waals surface area contributed by atoms with E-state index >= 15 is 0 Å². The molecular formula is C15H17IN2O. The maximum absolute atomic E-state index is 11.3. The van der Waals surface area contributed by atoms with Gasteiger partial charge in [0.05, 0.1) is 11.6 Å². The van der Waals surface area contributed by atoms with Crippen molar-refractivity contribution < 1.29 is 4.79 Å². The smallest absolute Gasteiger partial charge is 0.153 e. The van der Waals surface area contributed by atoms with Crippen molar-refractivity contribution >= 4 is 28.9 Å². The molecule has 19 heavy (non-hydrogen) atoms. The van der Waals surface area contributed by atoms with Crippen LogP contribution in [0, 0.1) is 3.57 Å². The number of benzene rings is 1.